The Morgan fingerprint density at radius 1 is 0.691 bits per heavy atom. The van der Waals surface area contributed by atoms with Crippen LogP contribution in [-0.2, 0) is 19.5 Å². The predicted molar refractivity (Wildman–Crippen MR) is 237 cm³/mol. The summed E-state index contributed by atoms with van der Waals surface area (Å²) in [6.45, 7) is 16.5. The molecule has 0 bridgehead atoms. The zero-order valence-electron chi connectivity index (χ0n) is 38.9. The molecule has 0 spiro atoms. The van der Waals surface area contributed by atoms with Gasteiger partial charge in [-0.1, -0.05) is 140 Å². The molecule has 6 aromatic rings. The standard InChI is InChI=1S/C30H21N5O4S.2C3H8.2C2H6.CH4O3S.4H2/c31-28-25(34-32-23-12-9-18-5-1-3-7-20(18)15-23)14-11-22-17-26(40-39-38-37)29(30(36)27(22)28)35-33-24-13-10-19-6-2-4-8-21(19)16-24;2*1-3-2;2*1-2;1-5(2,3)4;;;;/h1-17,36-37H,31H2;2*3H2,1-2H3;2*1-2H3;1H3,(H,2,3,4);4*1H/i;;;;;;3*1+1D;1+1. The average Bonchev–Trinajstić information content (AvgIpc) is 3.28. The maximum atomic E-state index is 11.3. The van der Waals surface area contributed by atoms with Crippen molar-refractivity contribution >= 4 is 82.9 Å². The topological polar surface area (TPSA) is 189 Å². The van der Waals surface area contributed by atoms with Crippen molar-refractivity contribution in [2.24, 2.45) is 20.5 Å². The van der Waals surface area contributed by atoms with E-state index < -0.39 is 10.1 Å². The molecular formula is C41H61N5O7S2. The van der Waals surface area contributed by atoms with Gasteiger partial charge in [-0.3, -0.25) is 4.55 Å². The Balaban J connectivity index is -0.000000657. The summed E-state index contributed by atoms with van der Waals surface area (Å²) in [5, 5.41) is 46.3. The van der Waals surface area contributed by atoms with E-state index in [1.807, 2.05) is 113 Å². The van der Waals surface area contributed by atoms with Gasteiger partial charge in [0, 0.05) is 10.3 Å². The highest BCUT2D eigenvalue weighted by molar-refractivity contribution is 7.94. The fourth-order valence-electron chi connectivity index (χ4n) is 4.45. The van der Waals surface area contributed by atoms with Crippen molar-refractivity contribution in [2.45, 2.75) is 73.1 Å². The van der Waals surface area contributed by atoms with Crippen LogP contribution in [0.3, 0.4) is 0 Å². The van der Waals surface area contributed by atoms with Crippen LogP contribution in [-0.4, -0.2) is 29.6 Å². The number of azo groups is 2. The second kappa shape index (κ2) is 26.0. The van der Waals surface area contributed by atoms with Crippen molar-refractivity contribution < 1.29 is 43.0 Å². The minimum Gasteiger partial charge on any atom is -0.505 e. The number of nitrogens with zero attached hydrogens (tertiary/aromatic N) is 4. The molecule has 12 nitrogen and oxygen atoms in total. The molecule has 55 heavy (non-hydrogen) atoms. The summed E-state index contributed by atoms with van der Waals surface area (Å²) in [7, 11) is -3.67. The first-order valence-corrected chi connectivity index (χ1v) is 20.5. The van der Waals surface area contributed by atoms with Crippen LogP contribution in [0, 0.1) is 0 Å². The summed E-state index contributed by atoms with van der Waals surface area (Å²) >= 11 is 0.663. The monoisotopic (exact) mass is 806 g/mol. The summed E-state index contributed by atoms with van der Waals surface area (Å²) in [6, 6.07) is 32.4. The van der Waals surface area contributed by atoms with E-state index in [4.69, 9.17) is 24.5 Å². The van der Waals surface area contributed by atoms with E-state index in [0.29, 0.717) is 51.0 Å². The quantitative estimate of drug-likeness (QED) is 0.0304. The minimum absolute atomic E-state index is 0. The molecule has 0 aliphatic heterocycles. The predicted octanol–water partition coefficient (Wildman–Crippen LogP) is 15.1. The molecular weight excluding hydrogens is 739 g/mol. The molecule has 0 radical (unpaired) electrons. The van der Waals surface area contributed by atoms with Crippen LogP contribution in [0.5, 0.6) is 5.75 Å². The molecule has 0 aromatic heterocycles. The smallest absolute Gasteiger partial charge is 0.261 e. The Kier molecular flexibility index (Phi) is 20.2. The summed E-state index contributed by atoms with van der Waals surface area (Å²) in [5.74, 6) is -0.230. The summed E-state index contributed by atoms with van der Waals surface area (Å²) in [5.41, 5.74) is 8.40. The highest BCUT2D eigenvalue weighted by Gasteiger charge is 2.18. The first-order chi connectivity index (χ1) is 29.4. The Bertz CT molecular complexity index is 2250. The van der Waals surface area contributed by atoms with Gasteiger partial charge in [-0.15, -0.1) is 14.6 Å². The normalized spacial score (nSPS) is 11.0. The van der Waals surface area contributed by atoms with Crippen molar-refractivity contribution in [3.63, 3.8) is 0 Å². The van der Waals surface area contributed by atoms with Gasteiger partial charge < -0.3 is 10.8 Å². The van der Waals surface area contributed by atoms with Crippen molar-refractivity contribution in [3.8, 4) is 5.75 Å². The first-order valence-electron chi connectivity index (χ1n) is 20.9. The van der Waals surface area contributed by atoms with E-state index in [2.05, 4.69) is 57.5 Å². The van der Waals surface area contributed by atoms with E-state index in [9.17, 15) is 13.5 Å². The molecule has 5 N–H and O–H groups in total. The van der Waals surface area contributed by atoms with E-state index in [1.165, 1.54) is 12.8 Å². The number of phenols is 1. The third-order valence-electron chi connectivity index (χ3n) is 6.39. The number of anilines is 1. The number of nitrogens with two attached hydrogens (primary N) is 1. The van der Waals surface area contributed by atoms with Gasteiger partial charge in [-0.05, 0) is 63.3 Å². The largest absolute Gasteiger partial charge is 0.505 e. The SMILES string of the molecule is CC.CC.CCC.CCC.CS(=O)(=O)O.Nc1c(N=Nc2ccc3ccccc3c2)ccc2cc(SOOO)c(N=Nc3ccc4ccccc4c3)c(O)c12.[2HH].[2H][2H].[2H][2H].[2H][2H]. The number of hydrogen-bond acceptors (Lipinski definition) is 12. The Hall–Kier alpha value is -4.96. The van der Waals surface area contributed by atoms with Crippen molar-refractivity contribution in [1.82, 2.24) is 0 Å². The average molecular weight is 807 g/mol. The molecule has 0 aliphatic rings. The second-order valence-electron chi connectivity index (χ2n) is 11.0. The van der Waals surface area contributed by atoms with Gasteiger partial charge in [0.25, 0.3) is 10.1 Å². The van der Waals surface area contributed by atoms with Crippen molar-refractivity contribution in [1.29, 1.82) is 0 Å². The first kappa shape index (κ1) is 42.8. The van der Waals surface area contributed by atoms with Crippen LogP contribution < -0.4 is 5.73 Å². The zero-order valence-corrected chi connectivity index (χ0v) is 34.5. The van der Waals surface area contributed by atoms with Crippen LogP contribution in [0.2, 0.25) is 0 Å². The number of nitrogen functional groups attached to an aromatic ring is 1. The maximum Gasteiger partial charge on any atom is 0.261 e. The number of rotatable bonds is 7. The third-order valence-corrected chi connectivity index (χ3v) is 7.01. The lowest BCUT2D eigenvalue weighted by molar-refractivity contribution is -0.432. The molecule has 0 heterocycles. The maximum absolute atomic E-state index is 11.3. The molecule has 0 amide bonds. The van der Waals surface area contributed by atoms with Crippen LogP contribution in [0.15, 0.2) is 128 Å². The van der Waals surface area contributed by atoms with Crippen molar-refractivity contribution in [2.75, 3.05) is 12.0 Å². The molecule has 14 heteroatoms. The molecule has 304 valence electrons. The number of fused-ring (bicyclic) bond motifs is 3. The fraction of sp³-hybridized carbons (Fsp3) is 0.268. The van der Waals surface area contributed by atoms with E-state index in [0.717, 1.165) is 21.5 Å². The second-order valence-corrected chi connectivity index (χ2v) is 13.2. The van der Waals surface area contributed by atoms with Crippen molar-refractivity contribution in [3.05, 3.63) is 103 Å². The van der Waals surface area contributed by atoms with Gasteiger partial charge in [-0.2, -0.15) is 18.6 Å². The lowest BCUT2D eigenvalue weighted by atomic mass is 10.1. The lowest BCUT2D eigenvalue weighted by Crippen LogP contribution is -1.90. The molecule has 0 saturated carbocycles. The lowest BCUT2D eigenvalue weighted by Gasteiger charge is -2.12. The fourth-order valence-corrected chi connectivity index (χ4v) is 4.95. The number of hydrogen-bond donors (Lipinski definition) is 4. The highest BCUT2D eigenvalue weighted by atomic mass is 32.2. The van der Waals surface area contributed by atoms with Crippen LogP contribution in [0.25, 0.3) is 32.3 Å². The van der Waals surface area contributed by atoms with Crippen LogP contribution in [0.1, 0.15) is 78.6 Å². The molecule has 6 aromatic carbocycles. The van der Waals surface area contributed by atoms with Gasteiger partial charge in [0.15, 0.2) is 5.75 Å². The van der Waals surface area contributed by atoms with E-state index in [1.54, 1.807) is 18.2 Å². The van der Waals surface area contributed by atoms with Crippen LogP contribution >= 0.6 is 12.0 Å². The summed E-state index contributed by atoms with van der Waals surface area (Å²) in [4.78, 5) is 0.341. The molecule has 6 rings (SSSR count). The minimum atomic E-state index is -3.67. The summed E-state index contributed by atoms with van der Waals surface area (Å²) in [6.07, 6.45) is 3.22. The highest BCUT2D eigenvalue weighted by Crippen LogP contribution is 2.48. The van der Waals surface area contributed by atoms with Gasteiger partial charge >= 0.3 is 0 Å². The molecule has 0 aliphatic carbocycles. The van der Waals surface area contributed by atoms with E-state index in [-0.39, 0.29) is 18.6 Å². The van der Waals surface area contributed by atoms with Gasteiger partial charge in [0.05, 0.1) is 45.6 Å². The number of benzene rings is 6. The third kappa shape index (κ3) is 16.1. The van der Waals surface area contributed by atoms with Gasteiger partial charge in [-0.25, -0.2) is 5.26 Å². The number of phenolic OH excluding ortho intramolecular Hbond substituents is 1. The zero-order chi connectivity index (χ0) is 47.4. The van der Waals surface area contributed by atoms with Crippen LogP contribution in [0.4, 0.5) is 28.4 Å². The molecule has 0 atom stereocenters. The summed E-state index contributed by atoms with van der Waals surface area (Å²) < 4.78 is 60.5. The Labute approximate surface area is 339 Å². The van der Waals surface area contributed by atoms with E-state index >= 15 is 0 Å². The van der Waals surface area contributed by atoms with Gasteiger partial charge in [0.1, 0.15) is 11.4 Å². The molecule has 0 fully saturated rings. The Morgan fingerprint density at radius 3 is 1.56 bits per heavy atom. The Morgan fingerprint density at radius 2 is 1.11 bits per heavy atom. The number of aromatic hydroxyl groups is 1. The van der Waals surface area contributed by atoms with Gasteiger partial charge in [0.2, 0.25) is 0 Å². The molecule has 0 unspecified atom stereocenters. The molecule has 0 saturated heterocycles.